The van der Waals surface area contributed by atoms with Crippen molar-refractivity contribution in [2.45, 2.75) is 25.3 Å². The molecule has 1 fully saturated rings. The second-order valence-electron chi connectivity index (χ2n) is 5.86. The molecule has 25 heavy (non-hydrogen) atoms. The largest absolute Gasteiger partial charge is 0.359 e. The molecule has 124 valence electrons. The predicted octanol–water partition coefficient (Wildman–Crippen LogP) is 3.46. The fraction of sp³-hybridized carbons (Fsp3) is 0.278. The summed E-state index contributed by atoms with van der Waals surface area (Å²) in [4.78, 5) is 17.2. The fourth-order valence-electron chi connectivity index (χ4n) is 3.28. The normalized spacial score (nSPS) is 16.7. The number of aromatic nitrogens is 1. The van der Waals surface area contributed by atoms with E-state index in [0.29, 0.717) is 12.2 Å². The van der Waals surface area contributed by atoms with Crippen LogP contribution in [0.25, 0.3) is 0 Å². The number of nitrogens with zero attached hydrogens (tertiary/aromatic N) is 5. The molecule has 0 bridgehead atoms. The predicted molar refractivity (Wildman–Crippen MR) is 90.7 cm³/mol. The van der Waals surface area contributed by atoms with Gasteiger partial charge in [0.2, 0.25) is 0 Å². The molecule has 2 heterocycles. The molecule has 0 amide bonds. The number of hydrogen-bond donors (Lipinski definition) is 0. The quantitative estimate of drug-likeness (QED) is 0.629. The van der Waals surface area contributed by atoms with Crippen LogP contribution < -0.4 is 4.90 Å². The average Bonchev–Trinajstić information content (AvgIpc) is 2.67. The summed E-state index contributed by atoms with van der Waals surface area (Å²) in [5.41, 5.74) is 1.39. The number of anilines is 1. The highest BCUT2D eigenvalue weighted by Crippen LogP contribution is 2.40. The topological polar surface area (TPSA) is 107 Å². The molecule has 0 spiro atoms. The van der Waals surface area contributed by atoms with Gasteiger partial charge in [-0.1, -0.05) is 6.07 Å². The maximum atomic E-state index is 11.5. The summed E-state index contributed by atoms with van der Waals surface area (Å²) in [5, 5.41) is 30.0. The molecule has 7 heteroatoms. The van der Waals surface area contributed by atoms with Crippen LogP contribution in [0.1, 0.15) is 42.0 Å². The van der Waals surface area contributed by atoms with E-state index in [1.54, 1.807) is 12.4 Å². The molecule has 1 aromatic carbocycles. The number of pyridine rings is 1. The summed E-state index contributed by atoms with van der Waals surface area (Å²) < 4.78 is 0. The van der Waals surface area contributed by atoms with E-state index in [1.807, 2.05) is 29.2 Å². The van der Waals surface area contributed by atoms with Crippen molar-refractivity contribution < 1.29 is 4.92 Å². The number of benzene rings is 1. The van der Waals surface area contributed by atoms with Gasteiger partial charge in [0.25, 0.3) is 5.69 Å². The van der Waals surface area contributed by atoms with E-state index in [0.717, 1.165) is 24.8 Å². The van der Waals surface area contributed by atoms with E-state index in [4.69, 9.17) is 5.26 Å². The van der Waals surface area contributed by atoms with Crippen molar-refractivity contribution in [2.24, 2.45) is 0 Å². The smallest absolute Gasteiger partial charge is 0.293 e. The lowest BCUT2D eigenvalue weighted by Gasteiger charge is -2.37. The second kappa shape index (κ2) is 6.98. The van der Waals surface area contributed by atoms with Gasteiger partial charge in [-0.3, -0.25) is 15.1 Å². The molecule has 3 rings (SSSR count). The monoisotopic (exact) mass is 333 g/mol. The van der Waals surface area contributed by atoms with Crippen LogP contribution in [0.2, 0.25) is 0 Å². The molecule has 0 aliphatic carbocycles. The summed E-state index contributed by atoms with van der Waals surface area (Å²) in [6, 6.07) is 10.2. The molecule has 1 aromatic heterocycles. The molecule has 0 N–H and O–H groups in total. The number of rotatable bonds is 3. The molecule has 0 saturated carbocycles. The Kier molecular flexibility index (Phi) is 4.58. The summed E-state index contributed by atoms with van der Waals surface area (Å²) in [6.07, 6.45) is 6.24. The Bertz CT molecular complexity index is 883. The van der Waals surface area contributed by atoms with E-state index in [-0.39, 0.29) is 22.9 Å². The minimum absolute atomic E-state index is 0.0212. The molecule has 1 aliphatic rings. The van der Waals surface area contributed by atoms with Gasteiger partial charge in [0.05, 0.1) is 22.1 Å². The molecule has 7 nitrogen and oxygen atoms in total. The Hall–Kier alpha value is -3.45. The number of hydrogen-bond acceptors (Lipinski definition) is 6. The van der Waals surface area contributed by atoms with Crippen LogP contribution in [-0.2, 0) is 0 Å². The molecule has 1 unspecified atom stereocenters. The molecule has 1 aliphatic heterocycles. The van der Waals surface area contributed by atoms with Gasteiger partial charge in [-0.25, -0.2) is 0 Å². The van der Waals surface area contributed by atoms with Gasteiger partial charge in [-0.15, -0.1) is 0 Å². The first-order valence-electron chi connectivity index (χ1n) is 7.95. The van der Waals surface area contributed by atoms with Crippen molar-refractivity contribution in [3.05, 3.63) is 63.5 Å². The van der Waals surface area contributed by atoms with Gasteiger partial charge >= 0.3 is 0 Å². The first-order valence-corrected chi connectivity index (χ1v) is 7.95. The van der Waals surface area contributed by atoms with Crippen LogP contribution in [-0.4, -0.2) is 16.5 Å². The van der Waals surface area contributed by atoms with Gasteiger partial charge in [0.15, 0.2) is 0 Å². The molecule has 2 aromatic rings. The van der Waals surface area contributed by atoms with Gasteiger partial charge in [0, 0.05) is 25.0 Å². The van der Waals surface area contributed by atoms with Gasteiger partial charge in [0.1, 0.15) is 17.8 Å². The average molecular weight is 333 g/mol. The summed E-state index contributed by atoms with van der Waals surface area (Å²) >= 11 is 0. The van der Waals surface area contributed by atoms with Crippen LogP contribution in [0.5, 0.6) is 0 Å². The highest BCUT2D eigenvalue weighted by molar-refractivity contribution is 5.70. The van der Waals surface area contributed by atoms with E-state index in [2.05, 4.69) is 4.98 Å². The van der Waals surface area contributed by atoms with Crippen molar-refractivity contribution in [2.75, 3.05) is 11.4 Å². The van der Waals surface area contributed by atoms with Crippen molar-refractivity contribution in [3.63, 3.8) is 0 Å². The van der Waals surface area contributed by atoms with Crippen LogP contribution in [0, 0.1) is 32.8 Å². The van der Waals surface area contributed by atoms with E-state index < -0.39 is 4.92 Å². The van der Waals surface area contributed by atoms with Crippen LogP contribution >= 0.6 is 0 Å². The Morgan fingerprint density at radius 1 is 1.24 bits per heavy atom. The minimum atomic E-state index is -0.494. The van der Waals surface area contributed by atoms with Crippen molar-refractivity contribution in [1.29, 1.82) is 10.5 Å². The molecule has 1 saturated heterocycles. The standard InChI is InChI=1S/C18H15N5O2/c19-10-14-8-17(18(23(24)25)9-15(14)11-20)22-7-2-1-5-16(22)13-4-3-6-21-12-13/h3-4,6,8-9,12,16H,1-2,5,7H2. The third kappa shape index (κ3) is 3.13. The Morgan fingerprint density at radius 3 is 2.64 bits per heavy atom. The number of piperidine rings is 1. The maximum absolute atomic E-state index is 11.5. The molecule has 1 atom stereocenters. The molecular formula is C18H15N5O2. The van der Waals surface area contributed by atoms with E-state index in [1.165, 1.54) is 12.1 Å². The number of nitro groups is 1. The lowest BCUT2D eigenvalue weighted by molar-refractivity contribution is -0.384. The lowest BCUT2D eigenvalue weighted by atomic mass is 9.94. The first-order chi connectivity index (χ1) is 12.2. The zero-order valence-corrected chi connectivity index (χ0v) is 13.4. The number of nitriles is 2. The number of nitro benzene ring substituents is 1. The van der Waals surface area contributed by atoms with E-state index >= 15 is 0 Å². The third-order valence-electron chi connectivity index (χ3n) is 4.43. The highest BCUT2D eigenvalue weighted by atomic mass is 16.6. The molecule has 0 radical (unpaired) electrons. The van der Waals surface area contributed by atoms with Crippen molar-refractivity contribution in [1.82, 2.24) is 4.98 Å². The lowest BCUT2D eigenvalue weighted by Crippen LogP contribution is -2.34. The van der Waals surface area contributed by atoms with Crippen molar-refractivity contribution >= 4 is 11.4 Å². The minimum Gasteiger partial charge on any atom is -0.359 e. The van der Waals surface area contributed by atoms with Gasteiger partial charge < -0.3 is 4.90 Å². The zero-order valence-electron chi connectivity index (χ0n) is 13.4. The SMILES string of the molecule is N#Cc1cc(N2CCCCC2c2cccnc2)c([N+](=O)[O-])cc1C#N. The summed E-state index contributed by atoms with van der Waals surface area (Å²) in [7, 11) is 0. The third-order valence-corrected chi connectivity index (χ3v) is 4.43. The molecular weight excluding hydrogens is 318 g/mol. The van der Waals surface area contributed by atoms with Crippen LogP contribution in [0.4, 0.5) is 11.4 Å². The maximum Gasteiger partial charge on any atom is 0.293 e. The second-order valence-corrected chi connectivity index (χ2v) is 5.86. The van der Waals surface area contributed by atoms with Crippen LogP contribution in [0.15, 0.2) is 36.7 Å². The zero-order chi connectivity index (χ0) is 17.8. The summed E-state index contributed by atoms with van der Waals surface area (Å²) in [6.45, 7) is 0.650. The van der Waals surface area contributed by atoms with E-state index in [9.17, 15) is 15.4 Å². The summed E-state index contributed by atoms with van der Waals surface area (Å²) in [5.74, 6) is 0. The Labute approximate surface area is 144 Å². The first kappa shape index (κ1) is 16.4. The Morgan fingerprint density at radius 2 is 2.00 bits per heavy atom. The highest BCUT2D eigenvalue weighted by Gasteiger charge is 2.30. The van der Waals surface area contributed by atoms with Crippen molar-refractivity contribution in [3.8, 4) is 12.1 Å². The Balaban J connectivity index is 2.14. The van der Waals surface area contributed by atoms with Gasteiger partial charge in [-0.05, 0) is 37.0 Å². The fourth-order valence-corrected chi connectivity index (χ4v) is 3.28. The van der Waals surface area contributed by atoms with Crippen LogP contribution in [0.3, 0.4) is 0 Å². The van der Waals surface area contributed by atoms with Gasteiger partial charge in [-0.2, -0.15) is 10.5 Å².